The lowest BCUT2D eigenvalue weighted by Gasteiger charge is -2.11. The number of hydrogen-bond acceptors (Lipinski definition) is 2. The first-order chi connectivity index (χ1) is 5.70. The van der Waals surface area contributed by atoms with Gasteiger partial charge in [-0.2, -0.15) is 5.10 Å². The number of aliphatic imine (C=N–C) groups is 1. The lowest BCUT2D eigenvalue weighted by molar-refractivity contribution is 0.603. The molecule has 0 radical (unpaired) electrons. The molecule has 0 saturated carbocycles. The van der Waals surface area contributed by atoms with Crippen molar-refractivity contribution >= 4 is 21.6 Å². The largest absolute Gasteiger partial charge is 0.286 e. The summed E-state index contributed by atoms with van der Waals surface area (Å²) < 4.78 is 2.95. The fraction of sp³-hybridized carbons (Fsp3) is 0.500. The minimum atomic E-state index is 0.854. The van der Waals surface area contributed by atoms with Crippen LogP contribution in [0.3, 0.4) is 0 Å². The van der Waals surface area contributed by atoms with Crippen LogP contribution in [0, 0.1) is 6.92 Å². The first-order valence-corrected chi connectivity index (χ1v) is 4.74. The van der Waals surface area contributed by atoms with Crippen LogP contribution in [-0.4, -0.2) is 22.0 Å². The molecular formula is C8H10BrN3. The van der Waals surface area contributed by atoms with E-state index in [1.807, 2.05) is 11.6 Å². The van der Waals surface area contributed by atoms with Gasteiger partial charge in [-0.1, -0.05) is 0 Å². The first-order valence-electron chi connectivity index (χ1n) is 3.94. The summed E-state index contributed by atoms with van der Waals surface area (Å²) >= 11 is 3.42. The maximum atomic E-state index is 4.38. The quantitative estimate of drug-likeness (QED) is 0.665. The minimum absolute atomic E-state index is 0.854. The highest BCUT2D eigenvalue weighted by atomic mass is 79.9. The van der Waals surface area contributed by atoms with Gasteiger partial charge in [-0.15, -0.1) is 0 Å². The van der Waals surface area contributed by atoms with Crippen molar-refractivity contribution in [2.75, 3.05) is 6.54 Å². The van der Waals surface area contributed by atoms with Crippen LogP contribution in [0.2, 0.25) is 0 Å². The van der Waals surface area contributed by atoms with Gasteiger partial charge in [0.05, 0.1) is 24.5 Å². The van der Waals surface area contributed by atoms with Gasteiger partial charge in [0.15, 0.2) is 0 Å². The molecule has 0 fully saturated rings. The number of hydrogen-bond donors (Lipinski definition) is 0. The van der Waals surface area contributed by atoms with Crippen LogP contribution in [0.1, 0.15) is 18.2 Å². The predicted octanol–water partition coefficient (Wildman–Crippen LogP) is 1.78. The van der Waals surface area contributed by atoms with Crippen molar-refractivity contribution in [2.45, 2.75) is 20.4 Å². The molecular weight excluding hydrogens is 218 g/mol. The summed E-state index contributed by atoms with van der Waals surface area (Å²) in [4.78, 5) is 4.38. The van der Waals surface area contributed by atoms with E-state index < -0.39 is 0 Å². The van der Waals surface area contributed by atoms with Gasteiger partial charge >= 0.3 is 0 Å². The molecule has 0 bridgehead atoms. The molecule has 0 aliphatic carbocycles. The standard InChI is InChI=1S/C8H10BrN3/c1-5-7-6(2)10-3-4-12(7)11-8(5)9/h3-4H2,1-2H3. The van der Waals surface area contributed by atoms with Gasteiger partial charge in [0.2, 0.25) is 0 Å². The molecule has 1 aromatic rings. The third kappa shape index (κ3) is 1.02. The Bertz CT molecular complexity index is 351. The molecule has 0 saturated heterocycles. The number of halogens is 1. The van der Waals surface area contributed by atoms with E-state index in [1.165, 1.54) is 11.3 Å². The molecule has 0 atom stereocenters. The van der Waals surface area contributed by atoms with E-state index in [0.717, 1.165) is 23.4 Å². The fourth-order valence-corrected chi connectivity index (χ4v) is 1.91. The Hall–Kier alpha value is -0.640. The van der Waals surface area contributed by atoms with Crippen LogP contribution < -0.4 is 0 Å². The molecule has 0 N–H and O–H groups in total. The molecule has 2 rings (SSSR count). The monoisotopic (exact) mass is 227 g/mol. The van der Waals surface area contributed by atoms with Crippen LogP contribution in [0.25, 0.3) is 0 Å². The molecule has 12 heavy (non-hydrogen) atoms. The smallest absolute Gasteiger partial charge is 0.131 e. The zero-order chi connectivity index (χ0) is 8.72. The van der Waals surface area contributed by atoms with Crippen LogP contribution in [-0.2, 0) is 6.54 Å². The lowest BCUT2D eigenvalue weighted by atomic mass is 10.2. The Morgan fingerprint density at radius 1 is 1.42 bits per heavy atom. The van der Waals surface area contributed by atoms with Gasteiger partial charge in [0, 0.05) is 5.56 Å². The molecule has 0 unspecified atom stereocenters. The average Bonchev–Trinajstić information content (AvgIpc) is 2.29. The third-order valence-corrected chi connectivity index (χ3v) is 2.89. The normalized spacial score (nSPS) is 15.8. The number of fused-ring (bicyclic) bond motifs is 1. The number of nitrogens with zero attached hydrogens (tertiary/aromatic N) is 3. The van der Waals surface area contributed by atoms with Crippen molar-refractivity contribution < 1.29 is 0 Å². The Morgan fingerprint density at radius 2 is 2.17 bits per heavy atom. The molecule has 3 nitrogen and oxygen atoms in total. The summed E-state index contributed by atoms with van der Waals surface area (Å²) in [6.45, 7) is 5.85. The van der Waals surface area contributed by atoms with Gasteiger partial charge in [-0.25, -0.2) is 0 Å². The summed E-state index contributed by atoms with van der Waals surface area (Å²) in [5, 5.41) is 4.35. The maximum absolute atomic E-state index is 4.38. The van der Waals surface area contributed by atoms with Crippen LogP contribution in [0.4, 0.5) is 0 Å². The van der Waals surface area contributed by atoms with Crippen molar-refractivity contribution in [2.24, 2.45) is 4.99 Å². The highest BCUT2D eigenvalue weighted by molar-refractivity contribution is 9.10. The Balaban J connectivity index is 2.65. The molecule has 2 heterocycles. The zero-order valence-corrected chi connectivity index (χ0v) is 8.72. The van der Waals surface area contributed by atoms with Crippen molar-refractivity contribution in [1.82, 2.24) is 9.78 Å². The minimum Gasteiger partial charge on any atom is -0.286 e. The molecule has 1 aliphatic rings. The van der Waals surface area contributed by atoms with Gasteiger partial charge < -0.3 is 0 Å². The SMILES string of the molecule is CC1=NCCn2nc(Br)c(C)c21. The van der Waals surface area contributed by atoms with E-state index in [1.54, 1.807) is 0 Å². The van der Waals surface area contributed by atoms with Crippen LogP contribution >= 0.6 is 15.9 Å². The fourth-order valence-electron chi connectivity index (χ4n) is 1.53. The topological polar surface area (TPSA) is 30.2 Å². The van der Waals surface area contributed by atoms with Gasteiger partial charge in [0.25, 0.3) is 0 Å². The van der Waals surface area contributed by atoms with Crippen molar-refractivity contribution in [3.05, 3.63) is 15.9 Å². The van der Waals surface area contributed by atoms with Gasteiger partial charge in [0.1, 0.15) is 4.60 Å². The van der Waals surface area contributed by atoms with E-state index >= 15 is 0 Å². The predicted molar refractivity (Wildman–Crippen MR) is 51.7 cm³/mol. The number of rotatable bonds is 0. The summed E-state index contributed by atoms with van der Waals surface area (Å²) in [7, 11) is 0. The summed E-state index contributed by atoms with van der Waals surface area (Å²) in [5.41, 5.74) is 3.46. The van der Waals surface area contributed by atoms with Crippen molar-refractivity contribution in [3.63, 3.8) is 0 Å². The van der Waals surface area contributed by atoms with E-state index in [-0.39, 0.29) is 0 Å². The zero-order valence-electron chi connectivity index (χ0n) is 7.13. The molecule has 0 aromatic carbocycles. The summed E-state index contributed by atoms with van der Waals surface area (Å²) in [6.07, 6.45) is 0. The van der Waals surface area contributed by atoms with Crippen molar-refractivity contribution in [3.8, 4) is 0 Å². The van der Waals surface area contributed by atoms with E-state index in [0.29, 0.717) is 0 Å². The second-order valence-corrected chi connectivity index (χ2v) is 3.71. The molecule has 0 spiro atoms. The molecule has 1 aromatic heterocycles. The van der Waals surface area contributed by atoms with Gasteiger partial charge in [-0.3, -0.25) is 9.67 Å². The Morgan fingerprint density at radius 3 is 2.83 bits per heavy atom. The maximum Gasteiger partial charge on any atom is 0.131 e. The summed E-state index contributed by atoms with van der Waals surface area (Å²) in [6, 6.07) is 0. The first kappa shape index (κ1) is 7.98. The molecule has 0 amide bonds. The highest BCUT2D eigenvalue weighted by Crippen LogP contribution is 2.21. The average molecular weight is 228 g/mol. The second-order valence-electron chi connectivity index (χ2n) is 2.95. The van der Waals surface area contributed by atoms with Gasteiger partial charge in [-0.05, 0) is 29.8 Å². The molecule has 4 heteroatoms. The highest BCUT2D eigenvalue weighted by Gasteiger charge is 2.17. The second kappa shape index (κ2) is 2.69. The van der Waals surface area contributed by atoms with Crippen LogP contribution in [0.5, 0.6) is 0 Å². The van der Waals surface area contributed by atoms with Crippen LogP contribution in [0.15, 0.2) is 9.60 Å². The molecule has 64 valence electrons. The Labute approximate surface area is 79.6 Å². The number of aromatic nitrogens is 2. The van der Waals surface area contributed by atoms with E-state index in [9.17, 15) is 0 Å². The molecule has 1 aliphatic heterocycles. The lowest BCUT2D eigenvalue weighted by Crippen LogP contribution is -2.17. The van der Waals surface area contributed by atoms with Crippen molar-refractivity contribution in [1.29, 1.82) is 0 Å². The summed E-state index contributed by atoms with van der Waals surface area (Å²) in [5.74, 6) is 0. The third-order valence-electron chi connectivity index (χ3n) is 2.13. The Kier molecular flexibility index (Phi) is 1.79. The van der Waals surface area contributed by atoms with E-state index in [2.05, 4.69) is 32.9 Å². The van der Waals surface area contributed by atoms with E-state index in [4.69, 9.17) is 0 Å².